The number of ether oxygens (including phenoxy) is 1. The van der Waals surface area contributed by atoms with Crippen LogP contribution >= 0.6 is 15.9 Å². The third kappa shape index (κ3) is 1.56. The summed E-state index contributed by atoms with van der Waals surface area (Å²) in [6.07, 6.45) is 6.66. The van der Waals surface area contributed by atoms with Crippen molar-refractivity contribution in [2.24, 2.45) is 5.41 Å². The quantitative estimate of drug-likeness (QED) is 0.540. The van der Waals surface area contributed by atoms with Crippen LogP contribution in [0.5, 0.6) is 0 Å². The van der Waals surface area contributed by atoms with Gasteiger partial charge in [0.05, 0.1) is 5.57 Å². The van der Waals surface area contributed by atoms with E-state index in [-0.39, 0.29) is 11.4 Å². The maximum Gasteiger partial charge on any atom is 0.340 e. The molecule has 18 heavy (non-hydrogen) atoms. The number of hydrogen-bond acceptors (Lipinski definition) is 2. The number of alkyl halides is 1. The average molecular weight is 309 g/mol. The Kier molecular flexibility index (Phi) is 2.77. The molecule has 3 aliphatic rings. The number of fused-ring (bicyclic) bond motifs is 2. The zero-order valence-corrected chi connectivity index (χ0v) is 12.4. The maximum absolute atomic E-state index is 11.9. The van der Waals surface area contributed by atoms with Gasteiger partial charge in [0, 0.05) is 16.5 Å². The normalized spacial score (nSPS) is 31.1. The molecule has 0 saturated carbocycles. The van der Waals surface area contributed by atoms with Gasteiger partial charge in [0.1, 0.15) is 5.76 Å². The molecule has 1 heterocycles. The molecule has 2 aliphatic carbocycles. The molecule has 0 amide bonds. The lowest BCUT2D eigenvalue weighted by molar-refractivity contribution is -0.133. The summed E-state index contributed by atoms with van der Waals surface area (Å²) in [5.41, 5.74) is 4.72. The fourth-order valence-electron chi connectivity index (χ4n) is 3.49. The molecule has 0 aromatic heterocycles. The van der Waals surface area contributed by atoms with Gasteiger partial charge in [0.2, 0.25) is 0 Å². The second-order valence-corrected chi connectivity index (χ2v) is 6.23. The topological polar surface area (TPSA) is 26.3 Å². The van der Waals surface area contributed by atoms with Crippen molar-refractivity contribution in [1.82, 2.24) is 0 Å². The molecule has 3 heteroatoms. The summed E-state index contributed by atoms with van der Waals surface area (Å²) in [4.78, 5) is 11.9. The summed E-state index contributed by atoms with van der Waals surface area (Å²) in [5, 5.41) is 0.595. The first kappa shape index (κ1) is 12.2. The van der Waals surface area contributed by atoms with E-state index >= 15 is 0 Å². The Bertz CT molecular complexity index is 525. The minimum atomic E-state index is -0.160. The molecule has 0 fully saturated rings. The first-order valence-corrected chi connectivity index (χ1v) is 7.61. The fourth-order valence-corrected chi connectivity index (χ4v) is 4.06. The molecule has 0 spiro atoms. The minimum Gasteiger partial charge on any atom is -0.423 e. The summed E-state index contributed by atoms with van der Waals surface area (Å²) < 4.78 is 5.57. The van der Waals surface area contributed by atoms with Gasteiger partial charge >= 0.3 is 5.97 Å². The van der Waals surface area contributed by atoms with Gasteiger partial charge in [-0.1, -0.05) is 28.9 Å². The molecular formula is C15H17BrO2. The van der Waals surface area contributed by atoms with E-state index in [1.54, 1.807) is 0 Å². The third-order valence-electron chi connectivity index (χ3n) is 4.51. The highest BCUT2D eigenvalue weighted by atomic mass is 79.9. The molecule has 0 unspecified atom stereocenters. The monoisotopic (exact) mass is 308 g/mol. The number of esters is 1. The Morgan fingerprint density at radius 3 is 2.94 bits per heavy atom. The van der Waals surface area contributed by atoms with Crippen molar-refractivity contribution < 1.29 is 9.53 Å². The Labute approximate surface area is 116 Å². The molecule has 3 rings (SSSR count). The van der Waals surface area contributed by atoms with Crippen LogP contribution in [0.15, 0.2) is 34.1 Å². The van der Waals surface area contributed by atoms with Crippen LogP contribution in [-0.2, 0) is 9.53 Å². The zero-order valence-electron chi connectivity index (χ0n) is 10.8. The van der Waals surface area contributed by atoms with E-state index in [1.807, 2.05) is 0 Å². The fraction of sp³-hybridized carbons (Fsp3) is 0.533. The number of hydrogen-bond donors (Lipinski definition) is 0. The first-order chi connectivity index (χ1) is 8.57. The van der Waals surface area contributed by atoms with Crippen molar-refractivity contribution >= 4 is 21.9 Å². The lowest BCUT2D eigenvalue weighted by atomic mass is 9.64. The molecule has 0 aromatic rings. The summed E-state index contributed by atoms with van der Waals surface area (Å²) in [5.74, 6) is 0.712. The molecule has 1 atom stereocenters. The van der Waals surface area contributed by atoms with Gasteiger partial charge in [-0.3, -0.25) is 0 Å². The first-order valence-electron chi connectivity index (χ1n) is 6.49. The van der Waals surface area contributed by atoms with Crippen molar-refractivity contribution in [2.75, 3.05) is 5.33 Å². The van der Waals surface area contributed by atoms with E-state index in [9.17, 15) is 4.79 Å². The van der Waals surface area contributed by atoms with E-state index in [4.69, 9.17) is 4.74 Å². The summed E-state index contributed by atoms with van der Waals surface area (Å²) >= 11 is 3.40. The van der Waals surface area contributed by atoms with Gasteiger partial charge in [-0.2, -0.15) is 0 Å². The molecule has 0 aromatic carbocycles. The summed E-state index contributed by atoms with van der Waals surface area (Å²) in [6.45, 7) is 4.45. The second kappa shape index (κ2) is 4.09. The highest BCUT2D eigenvalue weighted by Gasteiger charge is 2.43. The molecule has 0 bridgehead atoms. The lowest BCUT2D eigenvalue weighted by Gasteiger charge is -2.40. The molecule has 1 aliphatic heterocycles. The Morgan fingerprint density at radius 1 is 1.44 bits per heavy atom. The van der Waals surface area contributed by atoms with Crippen molar-refractivity contribution in [2.45, 2.75) is 39.5 Å². The predicted octanol–water partition coefficient (Wildman–Crippen LogP) is 4.03. The van der Waals surface area contributed by atoms with Crippen LogP contribution in [0.3, 0.4) is 0 Å². The van der Waals surface area contributed by atoms with Crippen LogP contribution in [0.2, 0.25) is 0 Å². The largest absolute Gasteiger partial charge is 0.423 e. The number of carbonyl (C=O) groups excluding carboxylic acids is 1. The van der Waals surface area contributed by atoms with Gasteiger partial charge in [-0.05, 0) is 43.6 Å². The van der Waals surface area contributed by atoms with Crippen LogP contribution in [-0.4, -0.2) is 11.3 Å². The van der Waals surface area contributed by atoms with Crippen molar-refractivity contribution in [1.29, 1.82) is 0 Å². The summed E-state index contributed by atoms with van der Waals surface area (Å²) in [7, 11) is 0. The maximum atomic E-state index is 11.9. The van der Waals surface area contributed by atoms with Crippen LogP contribution in [0.1, 0.15) is 39.5 Å². The van der Waals surface area contributed by atoms with E-state index < -0.39 is 0 Å². The average Bonchev–Trinajstić information content (AvgIpc) is 2.63. The van der Waals surface area contributed by atoms with Crippen LogP contribution in [0, 0.1) is 5.41 Å². The lowest BCUT2D eigenvalue weighted by Crippen LogP contribution is -2.28. The van der Waals surface area contributed by atoms with Crippen LogP contribution in [0.4, 0.5) is 0 Å². The Balaban J connectivity index is 2.22. The molecule has 2 nitrogen and oxygen atoms in total. The number of allylic oxidation sites excluding steroid dienone is 4. The standard InChI is InChI=1S/C15H17BrO2/c1-9-4-3-6-15(2)7-5-10-11(8-16)14(17)18-13(10)12(9)15/h4H,3,5-8H2,1-2H3/t15-/m1/s1. The molecule has 0 saturated heterocycles. The number of rotatable bonds is 1. The van der Waals surface area contributed by atoms with Crippen molar-refractivity contribution in [3.05, 3.63) is 34.1 Å². The minimum absolute atomic E-state index is 0.160. The Morgan fingerprint density at radius 2 is 2.22 bits per heavy atom. The number of carbonyl (C=O) groups is 1. The van der Waals surface area contributed by atoms with E-state index in [1.165, 1.54) is 11.1 Å². The summed E-state index contributed by atoms with van der Waals surface area (Å²) in [6, 6.07) is 0. The zero-order chi connectivity index (χ0) is 12.9. The van der Waals surface area contributed by atoms with E-state index in [2.05, 4.69) is 35.9 Å². The Hall–Kier alpha value is -0.830. The highest BCUT2D eigenvalue weighted by Crippen LogP contribution is 2.53. The van der Waals surface area contributed by atoms with Gasteiger partial charge in [-0.25, -0.2) is 4.79 Å². The number of halogens is 1. The third-order valence-corrected chi connectivity index (χ3v) is 5.07. The van der Waals surface area contributed by atoms with Crippen molar-refractivity contribution in [3.63, 3.8) is 0 Å². The van der Waals surface area contributed by atoms with Crippen LogP contribution < -0.4 is 0 Å². The van der Waals surface area contributed by atoms with E-state index in [0.29, 0.717) is 5.33 Å². The molecule has 96 valence electrons. The van der Waals surface area contributed by atoms with E-state index in [0.717, 1.165) is 42.6 Å². The smallest absolute Gasteiger partial charge is 0.340 e. The molecule has 0 radical (unpaired) electrons. The second-order valence-electron chi connectivity index (χ2n) is 5.67. The highest BCUT2D eigenvalue weighted by molar-refractivity contribution is 9.09. The van der Waals surface area contributed by atoms with Gasteiger partial charge in [0.25, 0.3) is 0 Å². The van der Waals surface area contributed by atoms with Gasteiger partial charge < -0.3 is 4.74 Å². The predicted molar refractivity (Wildman–Crippen MR) is 74.3 cm³/mol. The SMILES string of the molecule is CC1=CCC[C@]2(C)CCC3=C(CBr)C(=O)OC3=C12. The molecular weight excluding hydrogens is 292 g/mol. The molecule has 0 N–H and O–H groups in total. The van der Waals surface area contributed by atoms with Gasteiger partial charge in [-0.15, -0.1) is 0 Å². The van der Waals surface area contributed by atoms with Crippen LogP contribution in [0.25, 0.3) is 0 Å². The van der Waals surface area contributed by atoms with Gasteiger partial charge in [0.15, 0.2) is 0 Å². The van der Waals surface area contributed by atoms with Crippen molar-refractivity contribution in [3.8, 4) is 0 Å².